The monoisotopic (exact) mass is 355 g/mol. The molecular weight excluding hydrogens is 339 g/mol. The van der Waals surface area contributed by atoms with Crippen LogP contribution in [0.25, 0.3) is 11.0 Å². The lowest BCUT2D eigenvalue weighted by Crippen LogP contribution is -2.29. The minimum absolute atomic E-state index is 0. The molecule has 0 spiro atoms. The number of carbonyl (C=O) groups excluding carboxylic acids is 2. The van der Waals surface area contributed by atoms with Crippen molar-refractivity contribution in [3.8, 4) is 0 Å². The van der Waals surface area contributed by atoms with Gasteiger partial charge in [-0.15, -0.1) is 0 Å². The lowest BCUT2D eigenvalue weighted by Gasteiger charge is -2.08. The number of nitrogens with zero attached hydrogens (tertiary/aromatic N) is 2. The van der Waals surface area contributed by atoms with Crippen LogP contribution < -0.4 is 10.6 Å². The van der Waals surface area contributed by atoms with Gasteiger partial charge in [0.2, 0.25) is 0 Å². The Morgan fingerprint density at radius 3 is 2.52 bits per heavy atom. The van der Waals surface area contributed by atoms with Gasteiger partial charge in [0.05, 0.1) is 16.8 Å². The second-order valence-electron chi connectivity index (χ2n) is 4.94. The van der Waals surface area contributed by atoms with Crippen molar-refractivity contribution in [1.82, 2.24) is 15.0 Å². The number of rotatable bonds is 2. The van der Waals surface area contributed by atoms with Crippen molar-refractivity contribution in [2.75, 3.05) is 10.6 Å². The molecule has 0 atom stereocenters. The largest absolute Gasteiger partial charge is 0.417 e. The van der Waals surface area contributed by atoms with Crippen molar-refractivity contribution in [3.63, 3.8) is 0 Å². The first-order valence-corrected chi connectivity index (χ1v) is 6.92. The number of fused-ring (bicyclic) bond motifs is 1. The van der Waals surface area contributed by atoms with E-state index >= 15 is 0 Å². The fourth-order valence-corrected chi connectivity index (χ4v) is 2.04. The average Bonchev–Trinajstić information content (AvgIpc) is 2.97. The average molecular weight is 355 g/mol. The number of carbonyl (C=O) groups is 2. The van der Waals surface area contributed by atoms with Gasteiger partial charge in [-0.1, -0.05) is 0 Å². The summed E-state index contributed by atoms with van der Waals surface area (Å²) in [5, 5.41) is 4.49. The molecule has 3 heterocycles. The number of anilines is 2. The van der Waals surface area contributed by atoms with Crippen LogP contribution in [0.3, 0.4) is 0 Å². The maximum atomic E-state index is 12.4. The number of amides is 2. The highest BCUT2D eigenvalue weighted by Gasteiger charge is 2.30. The van der Waals surface area contributed by atoms with Gasteiger partial charge >= 0.3 is 18.0 Å². The Hall–Kier alpha value is -3.43. The van der Waals surface area contributed by atoms with Crippen LogP contribution in [0.5, 0.6) is 0 Å². The Bertz CT molecular complexity index is 948. The van der Waals surface area contributed by atoms with Crippen molar-refractivity contribution >= 4 is 34.4 Å². The highest BCUT2D eigenvalue weighted by Crippen LogP contribution is 2.28. The standard InChI is InChI=1S/C15H10F3N5O2.3H2/c16-15(17,18)8-3-4-11(21-6-8)23-14(25)13(24)22-10-7-20-9-2-1-5-19-12(9)10;;;/h1-7,20H,(H,22,24)(H,21,23,25);3*1H. The molecule has 0 aliphatic heterocycles. The van der Waals surface area contributed by atoms with E-state index in [1.54, 1.807) is 12.1 Å². The van der Waals surface area contributed by atoms with Gasteiger partial charge in [-0.2, -0.15) is 13.2 Å². The predicted molar refractivity (Wildman–Crippen MR) is 88.9 cm³/mol. The first kappa shape index (κ1) is 16.4. The number of aromatic amines is 1. The van der Waals surface area contributed by atoms with Crippen molar-refractivity contribution in [1.29, 1.82) is 0 Å². The molecule has 0 fully saturated rings. The highest BCUT2D eigenvalue weighted by molar-refractivity contribution is 6.44. The summed E-state index contributed by atoms with van der Waals surface area (Å²) in [6.45, 7) is 0. The Morgan fingerprint density at radius 1 is 1.08 bits per heavy atom. The summed E-state index contributed by atoms with van der Waals surface area (Å²) in [4.78, 5) is 34.2. The lowest BCUT2D eigenvalue weighted by atomic mass is 10.3. The fourth-order valence-electron chi connectivity index (χ4n) is 2.04. The topological polar surface area (TPSA) is 99.8 Å². The van der Waals surface area contributed by atoms with Crippen LogP contribution in [0.15, 0.2) is 42.9 Å². The third kappa shape index (κ3) is 3.57. The van der Waals surface area contributed by atoms with Gasteiger partial charge in [-0.25, -0.2) is 4.98 Å². The Kier molecular flexibility index (Phi) is 4.09. The van der Waals surface area contributed by atoms with Crippen molar-refractivity contribution in [2.24, 2.45) is 0 Å². The minimum atomic E-state index is -4.53. The molecule has 25 heavy (non-hydrogen) atoms. The van der Waals surface area contributed by atoms with E-state index in [4.69, 9.17) is 0 Å². The molecule has 134 valence electrons. The van der Waals surface area contributed by atoms with E-state index in [0.29, 0.717) is 22.9 Å². The summed E-state index contributed by atoms with van der Waals surface area (Å²) < 4.78 is 37.3. The normalized spacial score (nSPS) is 11.3. The molecule has 2 amide bonds. The molecule has 0 bridgehead atoms. The van der Waals surface area contributed by atoms with Gasteiger partial charge in [-0.3, -0.25) is 14.6 Å². The summed E-state index contributed by atoms with van der Waals surface area (Å²) in [5.41, 5.74) is 0.481. The summed E-state index contributed by atoms with van der Waals surface area (Å²) >= 11 is 0. The lowest BCUT2D eigenvalue weighted by molar-refractivity contribution is -0.137. The molecule has 3 aromatic rings. The number of hydrogen-bond donors (Lipinski definition) is 3. The van der Waals surface area contributed by atoms with Crippen LogP contribution in [0.2, 0.25) is 0 Å². The van der Waals surface area contributed by atoms with Gasteiger partial charge in [0.25, 0.3) is 0 Å². The molecule has 3 rings (SSSR count). The minimum Gasteiger partial charge on any atom is -0.358 e. The SMILES string of the molecule is O=C(Nc1ccc(C(F)(F)F)cn1)C(=O)Nc1c[nH]c2cccnc12.[HH].[HH].[HH]. The number of alkyl halides is 3. The molecule has 0 saturated carbocycles. The van der Waals surface area contributed by atoms with Crippen LogP contribution in [-0.4, -0.2) is 26.8 Å². The number of hydrogen-bond acceptors (Lipinski definition) is 4. The molecule has 0 radical (unpaired) electrons. The molecule has 3 aromatic heterocycles. The summed E-state index contributed by atoms with van der Waals surface area (Å²) in [6.07, 6.45) is -0.969. The Balaban J connectivity index is 0.00000243. The quantitative estimate of drug-likeness (QED) is 0.614. The van der Waals surface area contributed by atoms with Crippen LogP contribution in [0, 0.1) is 0 Å². The van der Waals surface area contributed by atoms with Gasteiger partial charge in [0.1, 0.15) is 11.3 Å². The molecular formula is C15H16F3N5O2. The summed E-state index contributed by atoms with van der Waals surface area (Å²) in [6, 6.07) is 5.16. The second kappa shape index (κ2) is 6.23. The molecule has 0 aromatic carbocycles. The molecule has 0 unspecified atom stereocenters. The zero-order chi connectivity index (χ0) is 18.0. The maximum Gasteiger partial charge on any atom is 0.417 e. The van der Waals surface area contributed by atoms with Gasteiger partial charge in [0.15, 0.2) is 0 Å². The van der Waals surface area contributed by atoms with Gasteiger partial charge < -0.3 is 15.6 Å². The van der Waals surface area contributed by atoms with Crippen molar-refractivity contribution < 1.29 is 27.0 Å². The van der Waals surface area contributed by atoms with Crippen molar-refractivity contribution in [2.45, 2.75) is 6.18 Å². The van der Waals surface area contributed by atoms with Crippen LogP contribution in [0.1, 0.15) is 9.84 Å². The first-order chi connectivity index (χ1) is 11.8. The number of aromatic nitrogens is 3. The zero-order valence-electron chi connectivity index (χ0n) is 12.4. The van der Waals surface area contributed by atoms with E-state index in [0.717, 1.165) is 12.1 Å². The predicted octanol–water partition coefficient (Wildman–Crippen LogP) is 3.29. The van der Waals surface area contributed by atoms with E-state index in [9.17, 15) is 22.8 Å². The van der Waals surface area contributed by atoms with E-state index in [2.05, 4.69) is 25.6 Å². The van der Waals surface area contributed by atoms with Crippen LogP contribution in [0.4, 0.5) is 24.7 Å². The Labute approximate surface area is 142 Å². The molecule has 7 nitrogen and oxygen atoms in total. The third-order valence-corrected chi connectivity index (χ3v) is 3.22. The first-order valence-electron chi connectivity index (χ1n) is 6.92. The number of halogens is 3. The van der Waals surface area contributed by atoms with E-state index < -0.39 is 23.6 Å². The molecule has 10 heteroatoms. The second-order valence-corrected chi connectivity index (χ2v) is 4.94. The van der Waals surface area contributed by atoms with Crippen LogP contribution >= 0.6 is 0 Å². The van der Waals surface area contributed by atoms with Gasteiger partial charge in [-0.05, 0) is 24.3 Å². The number of H-pyrrole nitrogens is 1. The van der Waals surface area contributed by atoms with E-state index in [1.807, 2.05) is 0 Å². The third-order valence-electron chi connectivity index (χ3n) is 3.22. The smallest absolute Gasteiger partial charge is 0.358 e. The van der Waals surface area contributed by atoms with E-state index in [-0.39, 0.29) is 10.1 Å². The highest BCUT2D eigenvalue weighted by atomic mass is 19.4. The summed E-state index contributed by atoms with van der Waals surface area (Å²) in [5.74, 6) is -2.25. The zero-order valence-corrected chi connectivity index (χ0v) is 12.4. The molecule has 0 saturated heterocycles. The van der Waals surface area contributed by atoms with Crippen LogP contribution in [-0.2, 0) is 15.8 Å². The molecule has 0 aliphatic rings. The summed E-state index contributed by atoms with van der Waals surface area (Å²) in [7, 11) is 0. The fraction of sp³-hybridized carbons (Fsp3) is 0.0667. The molecule has 0 aliphatic carbocycles. The maximum absolute atomic E-state index is 12.4. The van der Waals surface area contributed by atoms with Gasteiger partial charge in [0, 0.05) is 22.9 Å². The Morgan fingerprint density at radius 2 is 1.84 bits per heavy atom. The van der Waals surface area contributed by atoms with E-state index in [1.165, 1.54) is 12.4 Å². The van der Waals surface area contributed by atoms with Crippen molar-refractivity contribution in [3.05, 3.63) is 48.4 Å². The number of nitrogens with one attached hydrogen (secondary N) is 3. The molecule has 3 N–H and O–H groups in total. The number of pyridine rings is 2.